The molecule has 1 saturated carbocycles. The van der Waals surface area contributed by atoms with Crippen LogP contribution < -0.4 is 5.32 Å². The van der Waals surface area contributed by atoms with Gasteiger partial charge >= 0.3 is 0 Å². The van der Waals surface area contributed by atoms with Gasteiger partial charge in [-0.1, -0.05) is 0 Å². The SMILES string of the molecule is COC1(CNC(=O)CCCCl)CCC1. The molecule has 0 aromatic carbocycles. The first-order valence-corrected chi connectivity index (χ1v) is 5.64. The highest BCUT2D eigenvalue weighted by Gasteiger charge is 2.36. The predicted molar refractivity (Wildman–Crippen MR) is 56.6 cm³/mol. The fourth-order valence-corrected chi connectivity index (χ4v) is 1.73. The summed E-state index contributed by atoms with van der Waals surface area (Å²) in [4.78, 5) is 11.3. The summed E-state index contributed by atoms with van der Waals surface area (Å²) in [6.07, 6.45) is 4.57. The molecule has 1 aliphatic carbocycles. The van der Waals surface area contributed by atoms with E-state index >= 15 is 0 Å². The van der Waals surface area contributed by atoms with Crippen LogP contribution in [0, 0.1) is 0 Å². The number of carbonyl (C=O) groups is 1. The molecule has 1 rings (SSSR count). The predicted octanol–water partition coefficient (Wildman–Crippen LogP) is 1.69. The Kier molecular flexibility index (Phi) is 4.69. The lowest BCUT2D eigenvalue weighted by molar-refractivity contribution is -0.124. The van der Waals surface area contributed by atoms with Crippen LogP contribution in [0.5, 0.6) is 0 Å². The fourth-order valence-electron chi connectivity index (χ4n) is 1.60. The second kappa shape index (κ2) is 5.56. The number of carbonyl (C=O) groups excluding carboxylic acids is 1. The van der Waals surface area contributed by atoms with Crippen molar-refractivity contribution >= 4 is 17.5 Å². The zero-order valence-electron chi connectivity index (χ0n) is 8.64. The number of nitrogens with one attached hydrogen (secondary N) is 1. The van der Waals surface area contributed by atoms with Gasteiger partial charge in [0.25, 0.3) is 0 Å². The minimum atomic E-state index is -0.0728. The molecule has 3 nitrogen and oxygen atoms in total. The van der Waals surface area contributed by atoms with Gasteiger partial charge in [0, 0.05) is 26.0 Å². The van der Waals surface area contributed by atoms with Crippen LogP contribution >= 0.6 is 11.6 Å². The van der Waals surface area contributed by atoms with Gasteiger partial charge in [-0.05, 0) is 25.7 Å². The summed E-state index contributed by atoms with van der Waals surface area (Å²) in [5.74, 6) is 0.622. The first kappa shape index (κ1) is 11.8. The van der Waals surface area contributed by atoms with E-state index in [1.807, 2.05) is 0 Å². The second-order valence-electron chi connectivity index (χ2n) is 3.81. The van der Waals surface area contributed by atoms with E-state index in [0.717, 1.165) is 19.3 Å². The number of halogens is 1. The number of hydrogen-bond donors (Lipinski definition) is 1. The van der Waals surface area contributed by atoms with Crippen molar-refractivity contribution in [2.45, 2.75) is 37.7 Å². The molecule has 1 N–H and O–H groups in total. The lowest BCUT2D eigenvalue weighted by Crippen LogP contribution is -2.49. The standard InChI is InChI=1S/C10H18ClNO2/c1-14-10(5-3-6-10)8-12-9(13)4-2-7-11/h2-8H2,1H3,(H,12,13). The van der Waals surface area contributed by atoms with E-state index in [1.54, 1.807) is 7.11 Å². The Morgan fingerprint density at radius 2 is 2.29 bits per heavy atom. The molecule has 0 heterocycles. The normalized spacial score (nSPS) is 18.7. The molecule has 0 aliphatic heterocycles. The summed E-state index contributed by atoms with van der Waals surface area (Å²) in [7, 11) is 1.71. The van der Waals surface area contributed by atoms with Crippen LogP contribution in [0.15, 0.2) is 0 Å². The Morgan fingerprint density at radius 3 is 2.71 bits per heavy atom. The molecule has 1 amide bonds. The average molecular weight is 220 g/mol. The second-order valence-corrected chi connectivity index (χ2v) is 4.19. The van der Waals surface area contributed by atoms with Crippen LogP contribution in [0.1, 0.15) is 32.1 Å². The maximum absolute atomic E-state index is 11.3. The molecule has 0 radical (unpaired) electrons. The van der Waals surface area contributed by atoms with E-state index in [1.165, 1.54) is 6.42 Å². The Balaban J connectivity index is 2.15. The molecule has 0 unspecified atom stereocenters. The van der Waals surface area contributed by atoms with Crippen LogP contribution in [0.4, 0.5) is 0 Å². The monoisotopic (exact) mass is 219 g/mol. The number of amides is 1. The molecule has 1 aliphatic rings. The minimum Gasteiger partial charge on any atom is -0.376 e. The molecule has 0 aromatic heterocycles. The van der Waals surface area contributed by atoms with Crippen molar-refractivity contribution in [3.05, 3.63) is 0 Å². The third kappa shape index (κ3) is 3.14. The van der Waals surface area contributed by atoms with Gasteiger partial charge in [0.15, 0.2) is 0 Å². The Morgan fingerprint density at radius 1 is 1.57 bits per heavy atom. The number of methoxy groups -OCH3 is 1. The summed E-state index contributed by atoms with van der Waals surface area (Å²) in [5, 5.41) is 2.89. The van der Waals surface area contributed by atoms with Gasteiger partial charge < -0.3 is 10.1 Å². The highest BCUT2D eigenvalue weighted by atomic mass is 35.5. The van der Waals surface area contributed by atoms with Gasteiger partial charge in [-0.3, -0.25) is 4.79 Å². The summed E-state index contributed by atoms with van der Waals surface area (Å²) >= 11 is 5.50. The van der Waals surface area contributed by atoms with Gasteiger partial charge in [0.2, 0.25) is 5.91 Å². The van der Waals surface area contributed by atoms with Crippen molar-refractivity contribution in [1.29, 1.82) is 0 Å². The summed E-state index contributed by atoms with van der Waals surface area (Å²) in [6, 6.07) is 0. The zero-order valence-corrected chi connectivity index (χ0v) is 9.40. The smallest absolute Gasteiger partial charge is 0.220 e. The largest absolute Gasteiger partial charge is 0.376 e. The van der Waals surface area contributed by atoms with Crippen molar-refractivity contribution in [3.8, 4) is 0 Å². The first-order valence-electron chi connectivity index (χ1n) is 5.10. The number of ether oxygens (including phenoxy) is 1. The molecule has 14 heavy (non-hydrogen) atoms. The highest BCUT2D eigenvalue weighted by Crippen LogP contribution is 2.34. The molecular weight excluding hydrogens is 202 g/mol. The topological polar surface area (TPSA) is 38.3 Å². The molecule has 0 bridgehead atoms. The van der Waals surface area contributed by atoms with Crippen molar-refractivity contribution in [3.63, 3.8) is 0 Å². The molecule has 1 fully saturated rings. The molecule has 4 heteroatoms. The third-order valence-corrected chi connectivity index (χ3v) is 3.11. The molecule has 82 valence electrons. The maximum atomic E-state index is 11.3. The number of hydrogen-bond acceptors (Lipinski definition) is 2. The lowest BCUT2D eigenvalue weighted by Gasteiger charge is -2.40. The van der Waals surface area contributed by atoms with Crippen molar-refractivity contribution in [2.24, 2.45) is 0 Å². The van der Waals surface area contributed by atoms with Crippen LogP contribution in [-0.2, 0) is 9.53 Å². The van der Waals surface area contributed by atoms with E-state index in [9.17, 15) is 4.79 Å². The summed E-state index contributed by atoms with van der Waals surface area (Å²) in [5.41, 5.74) is -0.0728. The van der Waals surface area contributed by atoms with Gasteiger partial charge in [-0.25, -0.2) is 0 Å². The van der Waals surface area contributed by atoms with Gasteiger partial charge in [-0.15, -0.1) is 11.6 Å². The van der Waals surface area contributed by atoms with Crippen LogP contribution in [-0.4, -0.2) is 31.0 Å². The Hall–Kier alpha value is -0.280. The molecule has 0 aromatic rings. The summed E-state index contributed by atoms with van der Waals surface area (Å²) in [6.45, 7) is 0.643. The molecule has 0 saturated heterocycles. The van der Waals surface area contributed by atoms with Crippen molar-refractivity contribution in [2.75, 3.05) is 19.5 Å². The van der Waals surface area contributed by atoms with Crippen LogP contribution in [0.3, 0.4) is 0 Å². The molecular formula is C10H18ClNO2. The van der Waals surface area contributed by atoms with Gasteiger partial charge in [0.1, 0.15) is 0 Å². The molecule has 0 atom stereocenters. The van der Waals surface area contributed by atoms with Gasteiger partial charge in [0.05, 0.1) is 5.60 Å². The Bertz CT molecular complexity index is 187. The lowest BCUT2D eigenvalue weighted by atomic mass is 9.80. The van der Waals surface area contributed by atoms with E-state index in [0.29, 0.717) is 18.8 Å². The van der Waals surface area contributed by atoms with E-state index in [-0.39, 0.29) is 11.5 Å². The quantitative estimate of drug-likeness (QED) is 0.691. The van der Waals surface area contributed by atoms with Crippen LogP contribution in [0.25, 0.3) is 0 Å². The van der Waals surface area contributed by atoms with E-state index in [4.69, 9.17) is 16.3 Å². The third-order valence-electron chi connectivity index (χ3n) is 2.84. The number of rotatable bonds is 6. The summed E-state index contributed by atoms with van der Waals surface area (Å²) < 4.78 is 5.39. The maximum Gasteiger partial charge on any atom is 0.220 e. The highest BCUT2D eigenvalue weighted by molar-refractivity contribution is 6.17. The first-order chi connectivity index (χ1) is 6.72. The molecule has 0 spiro atoms. The fraction of sp³-hybridized carbons (Fsp3) is 0.900. The van der Waals surface area contributed by atoms with Crippen molar-refractivity contribution < 1.29 is 9.53 Å². The Labute approximate surface area is 90.1 Å². The van der Waals surface area contributed by atoms with E-state index in [2.05, 4.69) is 5.32 Å². The van der Waals surface area contributed by atoms with Crippen LogP contribution in [0.2, 0.25) is 0 Å². The number of alkyl halides is 1. The minimum absolute atomic E-state index is 0.0728. The van der Waals surface area contributed by atoms with Gasteiger partial charge in [-0.2, -0.15) is 0 Å². The average Bonchev–Trinajstić information content (AvgIpc) is 2.14. The zero-order chi connectivity index (χ0) is 10.4. The van der Waals surface area contributed by atoms with E-state index < -0.39 is 0 Å². The van der Waals surface area contributed by atoms with Crippen molar-refractivity contribution in [1.82, 2.24) is 5.32 Å².